The molecule has 0 spiro atoms. The summed E-state index contributed by atoms with van der Waals surface area (Å²) < 4.78 is 12.8. The van der Waals surface area contributed by atoms with Crippen LogP contribution < -0.4 is 10.6 Å². The molecule has 0 saturated carbocycles. The molecule has 2 aromatic rings. The number of hydrogen-bond donors (Lipinski definition) is 2. The van der Waals surface area contributed by atoms with Crippen LogP contribution >= 0.6 is 0 Å². The molecule has 2 rings (SSSR count). The lowest BCUT2D eigenvalue weighted by atomic mass is 10.2. The summed E-state index contributed by atoms with van der Waals surface area (Å²) >= 11 is 0. The second-order valence-corrected chi connectivity index (χ2v) is 5.69. The summed E-state index contributed by atoms with van der Waals surface area (Å²) in [7, 11) is 1.73. The van der Waals surface area contributed by atoms with Crippen molar-refractivity contribution in [3.8, 4) is 0 Å². The zero-order valence-electron chi connectivity index (χ0n) is 14.2. The lowest BCUT2D eigenvalue weighted by molar-refractivity contribution is 0.0953. The van der Waals surface area contributed by atoms with E-state index in [0.717, 1.165) is 5.56 Å². The number of hydrogen-bond acceptors (Lipinski definition) is 2. The van der Waals surface area contributed by atoms with Gasteiger partial charge in [-0.1, -0.05) is 30.3 Å². The maximum Gasteiger partial charge on any atom is 0.317 e. The van der Waals surface area contributed by atoms with Gasteiger partial charge in [0.2, 0.25) is 0 Å². The van der Waals surface area contributed by atoms with E-state index in [1.165, 1.54) is 24.3 Å². The van der Waals surface area contributed by atoms with Crippen molar-refractivity contribution in [2.75, 3.05) is 20.1 Å². The number of nitrogens with zero attached hydrogens (tertiary/aromatic N) is 1. The number of carbonyl (C=O) groups excluding carboxylic acids is 2. The van der Waals surface area contributed by atoms with Crippen LogP contribution in [0.1, 0.15) is 22.3 Å². The summed E-state index contributed by atoms with van der Waals surface area (Å²) in [5.41, 5.74) is 1.47. The highest BCUT2D eigenvalue weighted by Crippen LogP contribution is 2.03. The van der Waals surface area contributed by atoms with Crippen molar-refractivity contribution in [2.24, 2.45) is 0 Å². The third kappa shape index (κ3) is 6.25. The van der Waals surface area contributed by atoms with E-state index in [1.807, 2.05) is 30.3 Å². The summed E-state index contributed by atoms with van der Waals surface area (Å²) in [4.78, 5) is 25.4. The molecule has 0 unspecified atom stereocenters. The number of rotatable bonds is 7. The number of nitrogens with one attached hydrogen (secondary N) is 2. The molecule has 0 aliphatic rings. The number of halogens is 1. The van der Waals surface area contributed by atoms with E-state index in [9.17, 15) is 14.0 Å². The van der Waals surface area contributed by atoms with Gasteiger partial charge in [-0.3, -0.25) is 4.79 Å². The van der Waals surface area contributed by atoms with Crippen LogP contribution in [0.4, 0.5) is 9.18 Å². The van der Waals surface area contributed by atoms with Gasteiger partial charge < -0.3 is 15.5 Å². The molecule has 0 aliphatic heterocycles. The number of benzene rings is 2. The Labute approximate surface area is 146 Å². The van der Waals surface area contributed by atoms with E-state index >= 15 is 0 Å². The number of carbonyl (C=O) groups is 2. The highest BCUT2D eigenvalue weighted by molar-refractivity contribution is 5.94. The molecule has 0 fully saturated rings. The van der Waals surface area contributed by atoms with Gasteiger partial charge in [0.05, 0.1) is 0 Å². The zero-order chi connectivity index (χ0) is 18.1. The van der Waals surface area contributed by atoms with E-state index < -0.39 is 0 Å². The largest absolute Gasteiger partial charge is 0.352 e. The van der Waals surface area contributed by atoms with Gasteiger partial charge in [0, 0.05) is 32.2 Å². The molecule has 2 N–H and O–H groups in total. The first kappa shape index (κ1) is 18.4. The first-order valence-electron chi connectivity index (χ1n) is 8.13. The fourth-order valence-corrected chi connectivity index (χ4v) is 2.25. The maximum atomic E-state index is 12.8. The second-order valence-electron chi connectivity index (χ2n) is 5.69. The van der Waals surface area contributed by atoms with Crippen molar-refractivity contribution < 1.29 is 14.0 Å². The first-order chi connectivity index (χ1) is 12.1. The Morgan fingerprint density at radius 1 is 0.960 bits per heavy atom. The smallest absolute Gasteiger partial charge is 0.317 e. The van der Waals surface area contributed by atoms with Crippen LogP contribution in [0.2, 0.25) is 0 Å². The quantitative estimate of drug-likeness (QED) is 0.760. The van der Waals surface area contributed by atoms with Gasteiger partial charge in [0.25, 0.3) is 5.91 Å². The van der Waals surface area contributed by atoms with Gasteiger partial charge in [-0.05, 0) is 36.2 Å². The van der Waals surface area contributed by atoms with Crippen LogP contribution in [0.25, 0.3) is 0 Å². The van der Waals surface area contributed by atoms with E-state index in [1.54, 1.807) is 11.9 Å². The average molecular weight is 343 g/mol. The number of urea groups is 1. The Bertz CT molecular complexity index is 690. The van der Waals surface area contributed by atoms with Crippen LogP contribution in [0.5, 0.6) is 0 Å². The molecule has 0 atom stereocenters. The SMILES string of the molecule is CN(Cc1ccccc1)C(=O)NCCCNC(=O)c1ccc(F)cc1. The minimum Gasteiger partial charge on any atom is -0.352 e. The minimum atomic E-state index is -0.376. The van der Waals surface area contributed by atoms with Gasteiger partial charge in [0.1, 0.15) is 5.82 Å². The van der Waals surface area contributed by atoms with Gasteiger partial charge in [-0.2, -0.15) is 0 Å². The molecule has 25 heavy (non-hydrogen) atoms. The predicted octanol–water partition coefficient (Wildman–Crippen LogP) is 2.79. The molecule has 2 aromatic carbocycles. The minimum absolute atomic E-state index is 0.159. The number of amides is 3. The van der Waals surface area contributed by atoms with E-state index in [4.69, 9.17) is 0 Å². The lowest BCUT2D eigenvalue weighted by Gasteiger charge is -2.18. The van der Waals surface area contributed by atoms with Crippen molar-refractivity contribution >= 4 is 11.9 Å². The van der Waals surface area contributed by atoms with Crippen LogP contribution in [0, 0.1) is 5.82 Å². The summed E-state index contributed by atoms with van der Waals surface area (Å²) in [5, 5.41) is 5.54. The molecule has 0 radical (unpaired) electrons. The maximum absolute atomic E-state index is 12.8. The fraction of sp³-hybridized carbons (Fsp3) is 0.263. The van der Waals surface area contributed by atoms with Crippen molar-refractivity contribution in [2.45, 2.75) is 13.0 Å². The first-order valence-corrected chi connectivity index (χ1v) is 8.13. The van der Waals surface area contributed by atoms with Crippen LogP contribution in [0.15, 0.2) is 54.6 Å². The van der Waals surface area contributed by atoms with E-state index in [2.05, 4.69) is 10.6 Å². The summed E-state index contributed by atoms with van der Waals surface area (Å²) in [6, 6.07) is 14.9. The highest BCUT2D eigenvalue weighted by atomic mass is 19.1. The predicted molar refractivity (Wildman–Crippen MR) is 94.7 cm³/mol. The van der Waals surface area contributed by atoms with E-state index in [-0.39, 0.29) is 17.8 Å². The molecule has 0 saturated heterocycles. The molecule has 6 heteroatoms. The van der Waals surface area contributed by atoms with Crippen molar-refractivity contribution in [1.29, 1.82) is 0 Å². The fourth-order valence-electron chi connectivity index (χ4n) is 2.25. The second kappa shape index (κ2) is 9.42. The van der Waals surface area contributed by atoms with Crippen LogP contribution in [-0.4, -0.2) is 37.0 Å². The van der Waals surface area contributed by atoms with Crippen LogP contribution in [0.3, 0.4) is 0 Å². The Morgan fingerprint density at radius 3 is 2.28 bits per heavy atom. The molecule has 3 amide bonds. The summed E-state index contributed by atoms with van der Waals surface area (Å²) in [6.45, 7) is 1.43. The third-order valence-electron chi connectivity index (χ3n) is 3.63. The summed E-state index contributed by atoms with van der Waals surface area (Å²) in [6.07, 6.45) is 0.609. The normalized spacial score (nSPS) is 10.2. The molecule has 0 aliphatic carbocycles. The van der Waals surface area contributed by atoms with Gasteiger partial charge in [-0.15, -0.1) is 0 Å². The molecule has 0 bridgehead atoms. The third-order valence-corrected chi connectivity index (χ3v) is 3.63. The Morgan fingerprint density at radius 2 is 1.60 bits per heavy atom. The molecule has 0 aromatic heterocycles. The standard InChI is InChI=1S/C19H22FN3O2/c1-23(14-15-6-3-2-4-7-15)19(25)22-13-5-12-21-18(24)16-8-10-17(20)11-9-16/h2-4,6-11H,5,12-14H2,1H3,(H,21,24)(H,22,25). The lowest BCUT2D eigenvalue weighted by Crippen LogP contribution is -2.38. The average Bonchev–Trinajstić information content (AvgIpc) is 2.62. The van der Waals surface area contributed by atoms with E-state index in [0.29, 0.717) is 31.6 Å². The van der Waals surface area contributed by atoms with Gasteiger partial charge >= 0.3 is 6.03 Å². The Hall–Kier alpha value is -2.89. The Kier molecular flexibility index (Phi) is 6.95. The van der Waals surface area contributed by atoms with Crippen molar-refractivity contribution in [3.63, 3.8) is 0 Å². The van der Waals surface area contributed by atoms with Crippen molar-refractivity contribution in [1.82, 2.24) is 15.5 Å². The molecular formula is C19H22FN3O2. The molecular weight excluding hydrogens is 321 g/mol. The molecule has 132 valence electrons. The van der Waals surface area contributed by atoms with Gasteiger partial charge in [-0.25, -0.2) is 9.18 Å². The Balaban J connectivity index is 1.62. The zero-order valence-corrected chi connectivity index (χ0v) is 14.2. The monoisotopic (exact) mass is 343 g/mol. The topological polar surface area (TPSA) is 61.4 Å². The summed E-state index contributed by atoms with van der Waals surface area (Å²) in [5.74, 6) is -0.633. The molecule has 5 nitrogen and oxygen atoms in total. The van der Waals surface area contributed by atoms with Crippen molar-refractivity contribution in [3.05, 3.63) is 71.5 Å². The molecule has 0 heterocycles. The van der Waals surface area contributed by atoms with Gasteiger partial charge in [0.15, 0.2) is 0 Å². The van der Waals surface area contributed by atoms with Crippen LogP contribution in [-0.2, 0) is 6.54 Å². The highest BCUT2D eigenvalue weighted by Gasteiger charge is 2.08.